The number of ether oxygens (including phenoxy) is 1. The first-order valence-electron chi connectivity index (χ1n) is 7.74. The third kappa shape index (κ3) is 4.39. The minimum atomic E-state index is 0.311. The average Bonchev–Trinajstić information content (AvgIpc) is 2.38. The lowest BCUT2D eigenvalue weighted by atomic mass is 9.82. The quantitative estimate of drug-likeness (QED) is 0.853. The van der Waals surface area contributed by atoms with Gasteiger partial charge < -0.3 is 10.1 Å². The van der Waals surface area contributed by atoms with Crippen molar-refractivity contribution in [2.45, 2.75) is 52.7 Å². The Hall–Kier alpha value is -0.730. The molecule has 0 bridgehead atoms. The summed E-state index contributed by atoms with van der Waals surface area (Å²) < 4.78 is 6.13. The highest BCUT2D eigenvalue weighted by molar-refractivity contribution is 6.32. The van der Waals surface area contributed by atoms with Gasteiger partial charge in [0.05, 0.1) is 11.1 Å². The van der Waals surface area contributed by atoms with Gasteiger partial charge in [0.15, 0.2) is 0 Å². The van der Waals surface area contributed by atoms with Crippen LogP contribution < -0.4 is 10.1 Å². The van der Waals surface area contributed by atoms with Crippen molar-refractivity contribution in [2.24, 2.45) is 11.8 Å². The van der Waals surface area contributed by atoms with Crippen LogP contribution in [-0.2, 0) is 6.54 Å². The number of rotatable bonds is 5. The van der Waals surface area contributed by atoms with E-state index in [0.717, 1.165) is 48.5 Å². The first-order chi connectivity index (χ1) is 9.58. The third-order valence-corrected chi connectivity index (χ3v) is 4.30. The van der Waals surface area contributed by atoms with Gasteiger partial charge in [-0.25, -0.2) is 0 Å². The molecule has 2 unspecified atom stereocenters. The monoisotopic (exact) mass is 295 g/mol. The van der Waals surface area contributed by atoms with Gasteiger partial charge in [0, 0.05) is 6.54 Å². The Kier molecular flexibility index (Phi) is 5.74. The fourth-order valence-electron chi connectivity index (χ4n) is 3.17. The van der Waals surface area contributed by atoms with Crippen LogP contribution in [-0.4, -0.2) is 12.6 Å². The molecule has 2 nitrogen and oxygen atoms in total. The van der Waals surface area contributed by atoms with Gasteiger partial charge in [-0.3, -0.25) is 0 Å². The van der Waals surface area contributed by atoms with Crippen molar-refractivity contribution in [1.29, 1.82) is 0 Å². The second-order valence-corrected chi connectivity index (χ2v) is 6.61. The van der Waals surface area contributed by atoms with E-state index in [-0.39, 0.29) is 0 Å². The van der Waals surface area contributed by atoms with E-state index in [1.165, 1.54) is 12.0 Å². The molecule has 2 atom stereocenters. The molecule has 0 radical (unpaired) electrons. The number of hydrogen-bond donors (Lipinski definition) is 1. The Bertz CT molecular complexity index is 425. The fraction of sp³-hybridized carbons (Fsp3) is 0.647. The molecule has 1 aromatic rings. The molecule has 3 heteroatoms. The van der Waals surface area contributed by atoms with E-state index in [1.807, 2.05) is 12.1 Å². The molecule has 0 saturated heterocycles. The average molecular weight is 296 g/mol. The van der Waals surface area contributed by atoms with E-state index >= 15 is 0 Å². The summed E-state index contributed by atoms with van der Waals surface area (Å²) in [4.78, 5) is 0. The molecule has 0 aromatic heterocycles. The van der Waals surface area contributed by atoms with Crippen LogP contribution in [0.5, 0.6) is 5.75 Å². The smallest absolute Gasteiger partial charge is 0.138 e. The molecule has 1 aromatic carbocycles. The molecule has 0 amide bonds. The summed E-state index contributed by atoms with van der Waals surface area (Å²) in [5.74, 6) is 2.32. The highest BCUT2D eigenvalue weighted by Gasteiger charge is 2.25. The van der Waals surface area contributed by atoms with E-state index < -0.39 is 0 Å². The topological polar surface area (TPSA) is 21.3 Å². The van der Waals surface area contributed by atoms with Crippen LogP contribution in [0.2, 0.25) is 5.02 Å². The summed E-state index contributed by atoms with van der Waals surface area (Å²) in [5, 5.41) is 4.03. The highest BCUT2D eigenvalue weighted by atomic mass is 35.5. The Morgan fingerprint density at radius 2 is 1.90 bits per heavy atom. The summed E-state index contributed by atoms with van der Waals surface area (Å²) in [5.41, 5.74) is 1.20. The van der Waals surface area contributed by atoms with Crippen molar-refractivity contribution in [1.82, 2.24) is 5.32 Å². The lowest BCUT2D eigenvalue weighted by Gasteiger charge is -2.32. The van der Waals surface area contributed by atoms with Crippen LogP contribution in [0.4, 0.5) is 0 Å². The summed E-state index contributed by atoms with van der Waals surface area (Å²) in [7, 11) is 0. The van der Waals surface area contributed by atoms with Gasteiger partial charge in [0.2, 0.25) is 0 Å². The van der Waals surface area contributed by atoms with Gasteiger partial charge in [-0.1, -0.05) is 38.4 Å². The molecule has 1 saturated carbocycles. The van der Waals surface area contributed by atoms with Crippen molar-refractivity contribution in [3.8, 4) is 5.75 Å². The zero-order valence-electron chi connectivity index (χ0n) is 12.8. The fourth-order valence-corrected chi connectivity index (χ4v) is 3.42. The number of benzene rings is 1. The Balaban J connectivity index is 1.98. The molecule has 1 N–H and O–H groups in total. The molecule has 0 spiro atoms. The van der Waals surface area contributed by atoms with Crippen molar-refractivity contribution >= 4 is 11.6 Å². The highest BCUT2D eigenvalue weighted by Crippen LogP contribution is 2.34. The largest absolute Gasteiger partial charge is 0.489 e. The van der Waals surface area contributed by atoms with Gasteiger partial charge in [0.25, 0.3) is 0 Å². The first kappa shape index (κ1) is 15.7. The lowest BCUT2D eigenvalue weighted by Crippen LogP contribution is -2.28. The summed E-state index contributed by atoms with van der Waals surface area (Å²) in [6, 6.07) is 6.12. The van der Waals surface area contributed by atoms with Crippen LogP contribution >= 0.6 is 11.6 Å². The second-order valence-electron chi connectivity index (χ2n) is 6.20. The van der Waals surface area contributed by atoms with Gasteiger partial charge in [0.1, 0.15) is 5.75 Å². The molecule has 20 heavy (non-hydrogen) atoms. The van der Waals surface area contributed by atoms with E-state index in [2.05, 4.69) is 32.2 Å². The maximum Gasteiger partial charge on any atom is 0.138 e. The maximum absolute atomic E-state index is 6.35. The molecular formula is C17H26ClNO. The molecule has 1 aliphatic carbocycles. The minimum absolute atomic E-state index is 0.311. The summed E-state index contributed by atoms with van der Waals surface area (Å²) in [6.45, 7) is 8.55. The minimum Gasteiger partial charge on any atom is -0.489 e. The van der Waals surface area contributed by atoms with Crippen molar-refractivity contribution in [3.05, 3.63) is 28.8 Å². The molecule has 0 aliphatic heterocycles. The molecule has 0 heterocycles. The number of nitrogens with one attached hydrogen (secondary N) is 1. The van der Waals surface area contributed by atoms with E-state index in [0.29, 0.717) is 6.10 Å². The van der Waals surface area contributed by atoms with Crippen LogP contribution in [0.3, 0.4) is 0 Å². The van der Waals surface area contributed by atoms with Crippen molar-refractivity contribution < 1.29 is 4.74 Å². The van der Waals surface area contributed by atoms with Crippen LogP contribution in [0.25, 0.3) is 0 Å². The number of halogens is 1. The SMILES string of the molecule is CCNCc1ccc(OC2CC(C)CC(C)C2)c(Cl)c1. The van der Waals surface area contributed by atoms with Gasteiger partial charge in [-0.05, 0) is 55.3 Å². The van der Waals surface area contributed by atoms with Crippen molar-refractivity contribution in [3.63, 3.8) is 0 Å². The third-order valence-electron chi connectivity index (χ3n) is 4.00. The summed E-state index contributed by atoms with van der Waals surface area (Å²) in [6.07, 6.45) is 3.90. The zero-order chi connectivity index (χ0) is 14.5. The first-order valence-corrected chi connectivity index (χ1v) is 8.12. The van der Waals surface area contributed by atoms with Crippen LogP contribution in [0.15, 0.2) is 18.2 Å². The molecule has 1 fully saturated rings. The van der Waals surface area contributed by atoms with Crippen LogP contribution in [0.1, 0.15) is 45.6 Å². The standard InChI is InChI=1S/C17H26ClNO/c1-4-19-11-14-5-6-17(16(18)10-14)20-15-8-12(2)7-13(3)9-15/h5-6,10,12-13,15,19H,4,7-9,11H2,1-3H3. The van der Waals surface area contributed by atoms with Crippen LogP contribution in [0, 0.1) is 11.8 Å². The molecule has 112 valence electrons. The van der Waals surface area contributed by atoms with Crippen molar-refractivity contribution in [2.75, 3.05) is 6.54 Å². The van der Waals surface area contributed by atoms with Gasteiger partial charge in [-0.15, -0.1) is 0 Å². The van der Waals surface area contributed by atoms with E-state index in [4.69, 9.17) is 16.3 Å². The lowest BCUT2D eigenvalue weighted by molar-refractivity contribution is 0.101. The predicted molar refractivity (Wildman–Crippen MR) is 85.4 cm³/mol. The van der Waals surface area contributed by atoms with Gasteiger partial charge in [-0.2, -0.15) is 0 Å². The Morgan fingerprint density at radius 3 is 2.50 bits per heavy atom. The molecule has 1 aliphatic rings. The van der Waals surface area contributed by atoms with Gasteiger partial charge >= 0.3 is 0 Å². The number of hydrogen-bond acceptors (Lipinski definition) is 2. The maximum atomic E-state index is 6.35. The molecule has 2 rings (SSSR count). The zero-order valence-corrected chi connectivity index (χ0v) is 13.5. The summed E-state index contributed by atoms with van der Waals surface area (Å²) >= 11 is 6.35. The predicted octanol–water partition coefficient (Wildman–Crippen LogP) is 4.65. The Morgan fingerprint density at radius 1 is 1.20 bits per heavy atom. The van der Waals surface area contributed by atoms with E-state index in [1.54, 1.807) is 0 Å². The normalized spacial score (nSPS) is 26.5. The Labute approximate surface area is 127 Å². The molecular weight excluding hydrogens is 270 g/mol. The second kappa shape index (κ2) is 7.33. The van der Waals surface area contributed by atoms with E-state index in [9.17, 15) is 0 Å².